The summed E-state index contributed by atoms with van der Waals surface area (Å²) in [5.74, 6) is -2.32. The second-order valence-electron chi connectivity index (χ2n) is 10.4. The topological polar surface area (TPSA) is 239 Å². The van der Waals surface area contributed by atoms with Crippen molar-refractivity contribution in [1.82, 2.24) is 0 Å². The van der Waals surface area contributed by atoms with Gasteiger partial charge in [0.15, 0.2) is 28.8 Å². The smallest absolute Gasteiger partial charge is 0.342 e. The van der Waals surface area contributed by atoms with Gasteiger partial charge in [0.2, 0.25) is 10.4 Å². The monoisotopic (exact) mass is 748 g/mol. The fourth-order valence-electron chi connectivity index (χ4n) is 4.95. The second kappa shape index (κ2) is 15.3. The van der Waals surface area contributed by atoms with Crippen molar-refractivity contribution < 1.29 is 76.4 Å². The van der Waals surface area contributed by atoms with Crippen LogP contribution in [0.4, 0.5) is 0 Å². The first-order valence-corrected chi connectivity index (χ1v) is 17.4. The number of ether oxygens (including phenoxy) is 5. The number of esters is 2. The summed E-state index contributed by atoms with van der Waals surface area (Å²) in [4.78, 5) is 26.2. The Morgan fingerprint density at radius 3 is 2.00 bits per heavy atom. The van der Waals surface area contributed by atoms with E-state index in [-0.39, 0.29) is 69.7 Å². The maximum absolute atomic E-state index is 13.4. The van der Waals surface area contributed by atoms with Crippen LogP contribution in [0, 0.1) is 6.92 Å². The third kappa shape index (κ3) is 9.07. The van der Waals surface area contributed by atoms with Gasteiger partial charge in [0.05, 0.1) is 20.3 Å². The number of hydrogen-bond donors (Lipinski definition) is 0. The molecule has 19 heteroatoms. The lowest BCUT2D eigenvalue weighted by molar-refractivity contribution is 0.0441. The molecule has 0 spiro atoms. The third-order valence-corrected chi connectivity index (χ3v) is 7.83. The lowest BCUT2D eigenvalue weighted by Crippen LogP contribution is -2.15. The van der Waals surface area contributed by atoms with E-state index in [0.717, 1.165) is 24.8 Å². The average molecular weight is 749 g/mol. The summed E-state index contributed by atoms with van der Waals surface area (Å²) in [7, 11) is -9.23. The molecular formula is C32H28O17S2-2. The standard InChI is InChI=1S/C32H30O17S2/c1-4-42-31(33)29-18(2)47-22-15-26(44-16-19-8-6-5-7-9-19)25(12-20(22)29)45-17-28-30(32(34)43-10-11-46-50(35,36)37)21-13-27(49-51(38,39)40)24(41-3)14-23(21)48-28/h5-9,12-15H,4,10-11,16-17H2,1-3H3,(H,35,36,37)(H,38,39,40)/p-2. The molecule has 0 bridgehead atoms. The minimum Gasteiger partial charge on any atom is -0.726 e. The van der Waals surface area contributed by atoms with E-state index in [0.29, 0.717) is 5.39 Å². The first-order valence-electron chi connectivity index (χ1n) is 14.8. The van der Waals surface area contributed by atoms with Crippen LogP contribution in [0.3, 0.4) is 0 Å². The molecule has 0 aliphatic rings. The molecule has 0 unspecified atom stereocenters. The summed E-state index contributed by atoms with van der Waals surface area (Å²) in [6.45, 7) is 1.40. The largest absolute Gasteiger partial charge is 0.726 e. The maximum Gasteiger partial charge on any atom is 0.342 e. The van der Waals surface area contributed by atoms with Crippen LogP contribution in [-0.2, 0) is 47.7 Å². The Balaban J connectivity index is 1.57. The highest BCUT2D eigenvalue weighted by Gasteiger charge is 2.27. The number of aryl methyl sites for hydroxylation is 1. The number of furan rings is 2. The van der Waals surface area contributed by atoms with Gasteiger partial charge in [0, 0.05) is 22.9 Å². The molecule has 0 amide bonds. The van der Waals surface area contributed by atoms with E-state index >= 15 is 0 Å². The number of carbonyl (C=O) groups excluding carboxylic acids is 2. The number of benzene rings is 3. The molecule has 51 heavy (non-hydrogen) atoms. The number of rotatable bonds is 16. The summed E-state index contributed by atoms with van der Waals surface area (Å²) in [6.07, 6.45) is 0. The molecule has 0 aliphatic heterocycles. The van der Waals surface area contributed by atoms with E-state index in [1.165, 1.54) is 12.1 Å². The lowest BCUT2D eigenvalue weighted by atomic mass is 10.1. The first kappa shape index (κ1) is 36.9. The summed E-state index contributed by atoms with van der Waals surface area (Å²) < 4.78 is 115. The minimum atomic E-state index is -5.30. The zero-order valence-electron chi connectivity index (χ0n) is 27.0. The Kier molecular flexibility index (Phi) is 11.1. The van der Waals surface area contributed by atoms with Crippen molar-refractivity contribution in [1.29, 1.82) is 0 Å². The summed E-state index contributed by atoms with van der Waals surface area (Å²) in [5, 5.41) is 0.206. The molecule has 0 atom stereocenters. The highest BCUT2D eigenvalue weighted by molar-refractivity contribution is 7.81. The van der Waals surface area contributed by atoms with Crippen molar-refractivity contribution in [3.8, 4) is 23.0 Å². The lowest BCUT2D eigenvalue weighted by Gasteiger charge is -2.14. The van der Waals surface area contributed by atoms with E-state index in [4.69, 9.17) is 32.5 Å². The van der Waals surface area contributed by atoms with Gasteiger partial charge in [-0.1, -0.05) is 30.3 Å². The molecule has 17 nitrogen and oxygen atoms in total. The number of methoxy groups -OCH3 is 1. The highest BCUT2D eigenvalue weighted by Crippen LogP contribution is 2.40. The second-order valence-corrected chi connectivity index (χ2v) is 12.4. The molecule has 272 valence electrons. The van der Waals surface area contributed by atoms with Crippen molar-refractivity contribution in [3.05, 3.63) is 82.8 Å². The summed E-state index contributed by atoms with van der Waals surface area (Å²) in [6, 6.07) is 14.3. The SMILES string of the molecule is CCOC(=O)c1c(C)oc2cc(OCc3ccccc3)c(OCc3oc4cc(OC)c(OS(=O)(=O)[O-])cc4c3C(=O)OCCOS(=O)(=O)[O-])cc12. The third-order valence-electron chi connectivity index (χ3n) is 6.99. The van der Waals surface area contributed by atoms with Crippen LogP contribution in [0.2, 0.25) is 0 Å². The Labute approximate surface area is 290 Å². The Morgan fingerprint density at radius 1 is 0.725 bits per heavy atom. The predicted molar refractivity (Wildman–Crippen MR) is 171 cm³/mol. The molecule has 0 N–H and O–H groups in total. The van der Waals surface area contributed by atoms with Crippen LogP contribution in [0.15, 0.2) is 63.4 Å². The number of fused-ring (bicyclic) bond motifs is 2. The predicted octanol–water partition coefficient (Wildman–Crippen LogP) is 4.30. The van der Waals surface area contributed by atoms with Crippen molar-refractivity contribution >= 4 is 54.7 Å². The van der Waals surface area contributed by atoms with Gasteiger partial charge in [-0.05, 0) is 31.5 Å². The van der Waals surface area contributed by atoms with Crippen LogP contribution >= 0.6 is 0 Å². The Hall–Kier alpha value is -5.34. The molecule has 0 saturated heterocycles. The van der Waals surface area contributed by atoms with Gasteiger partial charge in [-0.2, -0.15) is 0 Å². The van der Waals surface area contributed by atoms with Crippen molar-refractivity contribution in [2.75, 3.05) is 26.9 Å². The molecule has 5 rings (SSSR count). The molecule has 0 fully saturated rings. The van der Waals surface area contributed by atoms with Crippen molar-refractivity contribution in [3.63, 3.8) is 0 Å². The van der Waals surface area contributed by atoms with Crippen LogP contribution in [0.5, 0.6) is 23.0 Å². The van der Waals surface area contributed by atoms with Gasteiger partial charge in [0.1, 0.15) is 47.9 Å². The summed E-state index contributed by atoms with van der Waals surface area (Å²) in [5.41, 5.74) is 0.820. The molecule has 0 aliphatic carbocycles. The van der Waals surface area contributed by atoms with Gasteiger partial charge in [-0.15, -0.1) is 0 Å². The van der Waals surface area contributed by atoms with Crippen LogP contribution < -0.4 is 18.4 Å². The van der Waals surface area contributed by atoms with Gasteiger partial charge in [0.25, 0.3) is 10.4 Å². The molecule has 0 saturated carbocycles. The maximum atomic E-state index is 13.4. The fourth-order valence-corrected chi connectivity index (χ4v) is 5.57. The Morgan fingerprint density at radius 2 is 1.33 bits per heavy atom. The van der Waals surface area contributed by atoms with Crippen LogP contribution in [0.1, 0.15) is 44.7 Å². The molecule has 2 aromatic heterocycles. The number of hydrogen-bond acceptors (Lipinski definition) is 17. The molecule has 0 radical (unpaired) electrons. The average Bonchev–Trinajstić information content (AvgIpc) is 3.58. The van der Waals surface area contributed by atoms with Gasteiger partial charge < -0.3 is 45.8 Å². The minimum absolute atomic E-state index is 0.0673. The highest BCUT2D eigenvalue weighted by atomic mass is 32.3. The van der Waals surface area contributed by atoms with E-state index in [9.17, 15) is 35.5 Å². The van der Waals surface area contributed by atoms with E-state index in [1.807, 2.05) is 30.3 Å². The normalized spacial score (nSPS) is 11.8. The molecule has 2 heterocycles. The zero-order valence-corrected chi connectivity index (χ0v) is 28.6. The number of carbonyl (C=O) groups is 2. The van der Waals surface area contributed by atoms with E-state index < -0.39 is 58.3 Å². The first-order chi connectivity index (χ1) is 24.2. The van der Waals surface area contributed by atoms with Gasteiger partial charge >= 0.3 is 11.9 Å². The summed E-state index contributed by atoms with van der Waals surface area (Å²) >= 11 is 0. The fraction of sp³-hybridized carbons (Fsp3) is 0.250. The quantitative estimate of drug-likeness (QED) is 0.0591. The van der Waals surface area contributed by atoms with E-state index in [2.05, 4.69) is 8.37 Å². The van der Waals surface area contributed by atoms with Gasteiger partial charge in [-0.25, -0.2) is 26.4 Å². The van der Waals surface area contributed by atoms with E-state index in [1.54, 1.807) is 13.8 Å². The molecule has 3 aromatic carbocycles. The van der Waals surface area contributed by atoms with Crippen molar-refractivity contribution in [2.24, 2.45) is 0 Å². The van der Waals surface area contributed by atoms with Crippen LogP contribution in [-0.4, -0.2) is 64.8 Å². The zero-order chi connectivity index (χ0) is 36.9. The van der Waals surface area contributed by atoms with Gasteiger partial charge in [-0.3, -0.25) is 4.18 Å². The molecule has 5 aromatic rings. The van der Waals surface area contributed by atoms with Crippen molar-refractivity contribution in [2.45, 2.75) is 27.1 Å². The molecular weight excluding hydrogens is 720 g/mol. The van der Waals surface area contributed by atoms with Crippen LogP contribution in [0.25, 0.3) is 21.9 Å². The Bertz CT molecular complexity index is 2290.